The maximum absolute atomic E-state index is 14.7. The molecule has 0 saturated heterocycles. The lowest BCUT2D eigenvalue weighted by Crippen LogP contribution is -2.36. The number of fused-ring (bicyclic) bond motifs is 1. The van der Waals surface area contributed by atoms with Gasteiger partial charge in [-0.1, -0.05) is 0 Å². The fourth-order valence-corrected chi connectivity index (χ4v) is 3.86. The minimum Gasteiger partial charge on any atom is -0.478 e. The van der Waals surface area contributed by atoms with Crippen molar-refractivity contribution in [1.29, 1.82) is 0 Å². The molecule has 0 spiro atoms. The van der Waals surface area contributed by atoms with Gasteiger partial charge in [0.15, 0.2) is 17.4 Å². The fourth-order valence-electron chi connectivity index (χ4n) is 3.86. The van der Waals surface area contributed by atoms with E-state index in [2.05, 4.69) is 14.7 Å². The number of alkyl halides is 3. The summed E-state index contributed by atoms with van der Waals surface area (Å²) in [7, 11) is 0. The van der Waals surface area contributed by atoms with E-state index in [-0.39, 0.29) is 23.8 Å². The summed E-state index contributed by atoms with van der Waals surface area (Å²) in [6.45, 7) is 0.181. The third-order valence-corrected chi connectivity index (χ3v) is 5.73. The van der Waals surface area contributed by atoms with Gasteiger partial charge in [-0.3, -0.25) is 14.5 Å². The number of ether oxygens (including phenoxy) is 4. The standard InChI is InChI=1S/C26H19F5N4O9/c1-13-10-34-20(35(13)25(40)43-12-42-22(38)3-2-21(36)37)9-19(33-24(34)39)41-11-14-6-16(27)23(17(28)7-14)44-15-4-5-32-18(8-15)26(29,30)31/h2-9,13H,10-12H2,1H3,(H,36,37)/t13-/m1/s1. The Morgan fingerprint density at radius 3 is 2.45 bits per heavy atom. The molecule has 3 heterocycles. The van der Waals surface area contributed by atoms with Crippen LogP contribution in [0.15, 0.2) is 53.5 Å². The first-order chi connectivity index (χ1) is 20.7. The van der Waals surface area contributed by atoms with E-state index in [1.54, 1.807) is 6.92 Å². The summed E-state index contributed by atoms with van der Waals surface area (Å²) < 4.78 is 88.9. The number of esters is 1. The lowest BCUT2D eigenvalue weighted by molar-refractivity contribution is -0.146. The summed E-state index contributed by atoms with van der Waals surface area (Å²) in [4.78, 5) is 55.0. The zero-order chi connectivity index (χ0) is 32.2. The van der Waals surface area contributed by atoms with Gasteiger partial charge in [-0.05, 0) is 30.7 Å². The molecule has 4 rings (SSSR count). The van der Waals surface area contributed by atoms with E-state index in [0.29, 0.717) is 18.2 Å². The largest absolute Gasteiger partial charge is 0.478 e. The predicted molar refractivity (Wildman–Crippen MR) is 135 cm³/mol. The first kappa shape index (κ1) is 31.4. The Labute approximate surface area is 242 Å². The number of carboxylic acid groups (broad SMARTS) is 1. The van der Waals surface area contributed by atoms with Gasteiger partial charge >= 0.3 is 29.9 Å². The number of nitrogens with zero attached hydrogens (tertiary/aromatic N) is 4. The Morgan fingerprint density at radius 2 is 1.80 bits per heavy atom. The van der Waals surface area contributed by atoms with Crippen molar-refractivity contribution in [1.82, 2.24) is 14.5 Å². The van der Waals surface area contributed by atoms with Gasteiger partial charge in [-0.2, -0.15) is 18.2 Å². The molecule has 1 aliphatic rings. The van der Waals surface area contributed by atoms with Crippen molar-refractivity contribution in [2.45, 2.75) is 32.3 Å². The van der Waals surface area contributed by atoms with Gasteiger partial charge in [0.05, 0.1) is 6.04 Å². The van der Waals surface area contributed by atoms with Gasteiger partial charge in [-0.15, -0.1) is 0 Å². The number of amides is 1. The fraction of sp³-hybridized carbons (Fsp3) is 0.231. The third kappa shape index (κ3) is 7.44. The lowest BCUT2D eigenvalue weighted by atomic mass is 10.2. The summed E-state index contributed by atoms with van der Waals surface area (Å²) in [5.74, 6) is -6.87. The molecule has 0 fully saturated rings. The van der Waals surface area contributed by atoms with Crippen LogP contribution in [0, 0.1) is 11.6 Å². The molecular weight excluding hydrogens is 607 g/mol. The van der Waals surface area contributed by atoms with Gasteiger partial charge in [0, 0.05) is 37.0 Å². The van der Waals surface area contributed by atoms with Crippen molar-refractivity contribution >= 4 is 23.8 Å². The number of hydrogen-bond donors (Lipinski definition) is 1. The minimum absolute atomic E-state index is 0.0114. The minimum atomic E-state index is -4.81. The number of aliphatic carboxylic acids is 1. The van der Waals surface area contributed by atoms with Crippen LogP contribution in [-0.4, -0.2) is 50.5 Å². The second-order valence-electron chi connectivity index (χ2n) is 8.88. The Morgan fingerprint density at radius 1 is 1.09 bits per heavy atom. The molecule has 0 unspecified atom stereocenters. The van der Waals surface area contributed by atoms with Crippen molar-refractivity contribution < 1.29 is 60.4 Å². The molecule has 1 N–H and O–H groups in total. The number of rotatable bonds is 9. The Kier molecular flexibility index (Phi) is 9.10. The van der Waals surface area contributed by atoms with Crippen molar-refractivity contribution in [3.05, 3.63) is 82.1 Å². The molecule has 44 heavy (non-hydrogen) atoms. The van der Waals surface area contributed by atoms with E-state index in [4.69, 9.17) is 19.3 Å². The Bertz CT molecular complexity index is 1670. The molecule has 1 amide bonds. The van der Waals surface area contributed by atoms with Crippen LogP contribution < -0.4 is 20.1 Å². The highest BCUT2D eigenvalue weighted by Gasteiger charge is 2.35. The second kappa shape index (κ2) is 12.8. The maximum Gasteiger partial charge on any atom is 0.433 e. The monoisotopic (exact) mass is 626 g/mol. The molecule has 0 radical (unpaired) electrons. The lowest BCUT2D eigenvalue weighted by Gasteiger charge is -2.20. The predicted octanol–water partition coefficient (Wildman–Crippen LogP) is 3.79. The van der Waals surface area contributed by atoms with Gasteiger partial charge in [-0.25, -0.2) is 28.0 Å². The number of pyridine rings is 1. The highest BCUT2D eigenvalue weighted by Crippen LogP contribution is 2.33. The quantitative estimate of drug-likeness (QED) is 0.159. The van der Waals surface area contributed by atoms with Crippen LogP contribution in [0.4, 0.5) is 32.6 Å². The third-order valence-electron chi connectivity index (χ3n) is 5.73. The Hall–Kier alpha value is -5.55. The SMILES string of the molecule is C[C@@H]1Cn2c(cc(OCc3cc(F)c(Oc4ccnc(C(F)(F)F)c4)c(F)c3)nc2=O)N1C(=O)OCOC(=O)C=CC(=O)O. The smallest absolute Gasteiger partial charge is 0.433 e. The van der Waals surface area contributed by atoms with E-state index < -0.39 is 78.2 Å². The van der Waals surface area contributed by atoms with Gasteiger partial charge in [0.1, 0.15) is 23.9 Å². The van der Waals surface area contributed by atoms with Gasteiger partial charge in [0.25, 0.3) is 0 Å². The normalized spacial score (nSPS) is 14.3. The van der Waals surface area contributed by atoms with Crippen LogP contribution in [-0.2, 0) is 38.4 Å². The second-order valence-corrected chi connectivity index (χ2v) is 8.88. The zero-order valence-electron chi connectivity index (χ0n) is 22.2. The van der Waals surface area contributed by atoms with Crippen LogP contribution in [0.25, 0.3) is 0 Å². The number of halogens is 5. The van der Waals surface area contributed by atoms with Crippen molar-refractivity contribution in [3.8, 4) is 17.4 Å². The van der Waals surface area contributed by atoms with E-state index in [1.807, 2.05) is 0 Å². The number of carbonyl (C=O) groups excluding carboxylic acids is 2. The highest BCUT2D eigenvalue weighted by molar-refractivity contribution is 5.91. The maximum atomic E-state index is 14.7. The summed E-state index contributed by atoms with van der Waals surface area (Å²) in [6.07, 6.45) is -3.95. The van der Waals surface area contributed by atoms with Crippen LogP contribution in [0.5, 0.6) is 17.4 Å². The zero-order valence-corrected chi connectivity index (χ0v) is 22.2. The molecule has 0 aliphatic carbocycles. The molecule has 1 aliphatic heterocycles. The molecule has 0 bridgehead atoms. The molecule has 13 nitrogen and oxygen atoms in total. The molecule has 232 valence electrons. The number of aromatic nitrogens is 3. The number of carboxylic acids is 1. The number of anilines is 1. The first-order valence-electron chi connectivity index (χ1n) is 12.2. The number of benzene rings is 1. The Balaban J connectivity index is 1.44. The summed E-state index contributed by atoms with van der Waals surface area (Å²) in [6, 6.07) is 3.60. The van der Waals surface area contributed by atoms with E-state index in [0.717, 1.165) is 33.9 Å². The first-order valence-corrected chi connectivity index (χ1v) is 12.2. The van der Waals surface area contributed by atoms with E-state index in [1.165, 1.54) is 6.07 Å². The van der Waals surface area contributed by atoms with Crippen molar-refractivity contribution in [2.75, 3.05) is 11.7 Å². The molecule has 18 heteroatoms. The van der Waals surface area contributed by atoms with Crippen molar-refractivity contribution in [3.63, 3.8) is 0 Å². The van der Waals surface area contributed by atoms with Crippen LogP contribution in [0.2, 0.25) is 0 Å². The van der Waals surface area contributed by atoms with Crippen LogP contribution in [0.3, 0.4) is 0 Å². The molecule has 3 aromatic rings. The highest BCUT2D eigenvalue weighted by atomic mass is 19.4. The van der Waals surface area contributed by atoms with Crippen LogP contribution >= 0.6 is 0 Å². The average Bonchev–Trinajstić information content (AvgIpc) is 3.28. The van der Waals surface area contributed by atoms with Crippen molar-refractivity contribution in [2.24, 2.45) is 0 Å². The van der Waals surface area contributed by atoms with E-state index >= 15 is 0 Å². The number of hydrogen-bond acceptors (Lipinski definition) is 10. The molecule has 1 atom stereocenters. The molecular formula is C26H19F5N4O9. The van der Waals surface area contributed by atoms with E-state index in [9.17, 15) is 41.1 Å². The number of carbonyl (C=O) groups is 3. The molecule has 1 aromatic carbocycles. The van der Waals surface area contributed by atoms with Gasteiger partial charge < -0.3 is 24.1 Å². The molecule has 2 aromatic heterocycles. The topological polar surface area (TPSA) is 159 Å². The summed E-state index contributed by atoms with van der Waals surface area (Å²) >= 11 is 0. The summed E-state index contributed by atoms with van der Waals surface area (Å²) in [5, 5.41) is 8.50. The summed E-state index contributed by atoms with van der Waals surface area (Å²) in [5.41, 5.74) is -2.26. The average molecular weight is 626 g/mol. The van der Waals surface area contributed by atoms with Crippen LogP contribution in [0.1, 0.15) is 18.2 Å². The van der Waals surface area contributed by atoms with Gasteiger partial charge in [0.2, 0.25) is 12.7 Å². The molecule has 0 saturated carbocycles.